The first-order valence-electron chi connectivity index (χ1n) is 9.59. The third-order valence-electron chi connectivity index (χ3n) is 4.87. The molecule has 1 aliphatic heterocycles. The van der Waals surface area contributed by atoms with Crippen LogP contribution >= 0.6 is 11.3 Å². The average Bonchev–Trinajstić information content (AvgIpc) is 3.04. The molecular formula is C23H18F2N2O3S. The Morgan fingerprint density at radius 3 is 2.35 bits per heavy atom. The highest BCUT2D eigenvalue weighted by atomic mass is 32.1. The summed E-state index contributed by atoms with van der Waals surface area (Å²) >= 11 is 1.17. The molecule has 0 amide bonds. The Kier molecular flexibility index (Phi) is 5.65. The number of benzene rings is 2. The number of thiazole rings is 1. The number of nitrogens with zero attached hydrogens (tertiary/aromatic N) is 2. The molecule has 0 saturated carbocycles. The largest absolute Gasteiger partial charge is 0.463 e. The number of esters is 1. The molecule has 0 N–H and O–H groups in total. The van der Waals surface area contributed by atoms with Gasteiger partial charge in [-0.25, -0.2) is 18.6 Å². The summed E-state index contributed by atoms with van der Waals surface area (Å²) in [6.07, 6.45) is 1.65. The van der Waals surface area contributed by atoms with E-state index in [0.717, 1.165) is 0 Å². The molecule has 1 aromatic heterocycles. The first-order chi connectivity index (χ1) is 14.9. The number of carbonyl (C=O) groups is 1. The lowest BCUT2D eigenvalue weighted by molar-refractivity contribution is -0.139. The Morgan fingerprint density at radius 2 is 1.74 bits per heavy atom. The highest BCUT2D eigenvalue weighted by Gasteiger charge is 2.33. The van der Waals surface area contributed by atoms with Gasteiger partial charge in [0.25, 0.3) is 5.56 Å². The normalized spacial score (nSPS) is 16.1. The first-order valence-corrected chi connectivity index (χ1v) is 10.4. The van der Waals surface area contributed by atoms with Crippen LogP contribution in [-0.2, 0) is 9.53 Å². The third-order valence-corrected chi connectivity index (χ3v) is 5.85. The second-order valence-electron chi connectivity index (χ2n) is 6.91. The van der Waals surface area contributed by atoms with Gasteiger partial charge in [0, 0.05) is 0 Å². The second-order valence-corrected chi connectivity index (χ2v) is 7.91. The maximum absolute atomic E-state index is 13.5. The first kappa shape index (κ1) is 20.9. The minimum atomic E-state index is -0.800. The van der Waals surface area contributed by atoms with E-state index in [9.17, 15) is 18.4 Å². The minimum absolute atomic E-state index is 0.167. The lowest BCUT2D eigenvalue weighted by atomic mass is 9.96. The second kappa shape index (κ2) is 8.39. The van der Waals surface area contributed by atoms with Crippen molar-refractivity contribution in [2.75, 3.05) is 6.61 Å². The molecule has 5 nitrogen and oxygen atoms in total. The highest BCUT2D eigenvalue weighted by molar-refractivity contribution is 7.07. The van der Waals surface area contributed by atoms with Gasteiger partial charge < -0.3 is 4.74 Å². The van der Waals surface area contributed by atoms with Gasteiger partial charge in [0.15, 0.2) is 4.80 Å². The molecule has 8 heteroatoms. The van der Waals surface area contributed by atoms with Crippen molar-refractivity contribution in [3.63, 3.8) is 0 Å². The van der Waals surface area contributed by atoms with Crippen LogP contribution in [0.3, 0.4) is 0 Å². The van der Waals surface area contributed by atoms with Gasteiger partial charge in [0.2, 0.25) is 0 Å². The van der Waals surface area contributed by atoms with Gasteiger partial charge in [-0.1, -0.05) is 35.6 Å². The summed E-state index contributed by atoms with van der Waals surface area (Å²) in [7, 11) is 0. The van der Waals surface area contributed by atoms with E-state index in [1.807, 2.05) is 0 Å². The van der Waals surface area contributed by atoms with Crippen LogP contribution in [0.4, 0.5) is 8.78 Å². The van der Waals surface area contributed by atoms with E-state index in [0.29, 0.717) is 26.2 Å². The van der Waals surface area contributed by atoms with Crippen molar-refractivity contribution in [2.45, 2.75) is 19.9 Å². The summed E-state index contributed by atoms with van der Waals surface area (Å²) in [5.41, 5.74) is 1.53. The molecule has 4 rings (SSSR count). The zero-order chi connectivity index (χ0) is 22.1. The fourth-order valence-corrected chi connectivity index (χ4v) is 4.51. The summed E-state index contributed by atoms with van der Waals surface area (Å²) < 4.78 is 33.8. The van der Waals surface area contributed by atoms with E-state index in [1.165, 1.54) is 52.3 Å². The molecule has 0 radical (unpaired) electrons. The van der Waals surface area contributed by atoms with Crippen LogP contribution < -0.4 is 14.9 Å². The Morgan fingerprint density at radius 1 is 1.13 bits per heavy atom. The van der Waals surface area contributed by atoms with Crippen molar-refractivity contribution in [3.8, 4) is 0 Å². The molecule has 31 heavy (non-hydrogen) atoms. The Bertz CT molecular complexity index is 1350. The molecule has 0 unspecified atom stereocenters. The average molecular weight is 440 g/mol. The Balaban J connectivity index is 1.94. The summed E-state index contributed by atoms with van der Waals surface area (Å²) in [4.78, 5) is 31.0. The Labute approximate surface area is 180 Å². The molecule has 3 aromatic rings. The van der Waals surface area contributed by atoms with Crippen LogP contribution in [0.2, 0.25) is 0 Å². The molecule has 0 spiro atoms. The SMILES string of the molecule is CCOC(=O)C1=C(C)N=c2s/c(=C/c3ccc(F)cc3)c(=O)n2[C@H]1c1ccc(F)cc1. The number of hydrogen-bond acceptors (Lipinski definition) is 5. The predicted octanol–water partition coefficient (Wildman–Crippen LogP) is 3.08. The maximum Gasteiger partial charge on any atom is 0.338 e. The van der Waals surface area contributed by atoms with Crippen molar-refractivity contribution in [1.29, 1.82) is 0 Å². The van der Waals surface area contributed by atoms with Crippen LogP contribution in [0.5, 0.6) is 0 Å². The van der Waals surface area contributed by atoms with E-state index in [4.69, 9.17) is 4.74 Å². The van der Waals surface area contributed by atoms with Gasteiger partial charge in [-0.3, -0.25) is 9.36 Å². The quantitative estimate of drug-likeness (QED) is 0.586. The van der Waals surface area contributed by atoms with Crippen LogP contribution in [-0.4, -0.2) is 17.1 Å². The molecule has 1 atom stereocenters. The fraction of sp³-hybridized carbons (Fsp3) is 0.174. The molecule has 158 valence electrons. The van der Waals surface area contributed by atoms with Crippen LogP contribution in [0.15, 0.2) is 69.6 Å². The zero-order valence-electron chi connectivity index (χ0n) is 16.8. The molecule has 0 fully saturated rings. The van der Waals surface area contributed by atoms with Crippen molar-refractivity contribution in [3.05, 3.63) is 102 Å². The van der Waals surface area contributed by atoms with Crippen LogP contribution in [0.25, 0.3) is 6.08 Å². The predicted molar refractivity (Wildman–Crippen MR) is 113 cm³/mol. The van der Waals surface area contributed by atoms with Crippen LogP contribution in [0, 0.1) is 11.6 Å². The summed E-state index contributed by atoms with van der Waals surface area (Å²) in [5.74, 6) is -1.37. The standard InChI is InChI=1S/C23H18F2N2O3S/c1-3-30-22(29)19-13(2)26-23-27(20(19)15-6-10-17(25)11-7-15)21(28)18(31-23)12-14-4-8-16(24)9-5-14/h4-12,20H,3H2,1-2H3/b18-12+/t20-/m0/s1. The molecule has 0 saturated heterocycles. The van der Waals surface area contributed by atoms with E-state index in [1.54, 1.807) is 32.1 Å². The smallest absolute Gasteiger partial charge is 0.338 e. The molecule has 0 aliphatic carbocycles. The molecule has 1 aliphatic rings. The Hall–Kier alpha value is -3.39. The number of hydrogen-bond donors (Lipinski definition) is 0. The van der Waals surface area contributed by atoms with Gasteiger partial charge in [0.05, 0.1) is 28.5 Å². The highest BCUT2D eigenvalue weighted by Crippen LogP contribution is 2.30. The lowest BCUT2D eigenvalue weighted by Gasteiger charge is -2.24. The van der Waals surface area contributed by atoms with E-state index in [2.05, 4.69) is 4.99 Å². The third kappa shape index (κ3) is 3.98. The summed E-state index contributed by atoms with van der Waals surface area (Å²) in [6.45, 7) is 3.54. The summed E-state index contributed by atoms with van der Waals surface area (Å²) in [5, 5.41) is 0. The number of aromatic nitrogens is 1. The van der Waals surface area contributed by atoms with Gasteiger partial charge in [-0.05, 0) is 55.3 Å². The van der Waals surface area contributed by atoms with Crippen LogP contribution in [0.1, 0.15) is 31.0 Å². The number of fused-ring (bicyclic) bond motifs is 1. The molecule has 2 heterocycles. The van der Waals surface area contributed by atoms with Gasteiger partial charge in [-0.15, -0.1) is 0 Å². The van der Waals surface area contributed by atoms with E-state index in [-0.39, 0.29) is 23.6 Å². The summed E-state index contributed by atoms with van der Waals surface area (Å²) in [6, 6.07) is 10.6. The monoisotopic (exact) mass is 440 g/mol. The van der Waals surface area contributed by atoms with Gasteiger partial charge in [-0.2, -0.15) is 0 Å². The molecule has 2 aromatic carbocycles. The van der Waals surface area contributed by atoms with E-state index >= 15 is 0 Å². The van der Waals surface area contributed by atoms with E-state index < -0.39 is 17.8 Å². The van der Waals surface area contributed by atoms with Gasteiger partial charge in [0.1, 0.15) is 11.6 Å². The number of ether oxygens (including phenoxy) is 1. The number of halogens is 2. The fourth-order valence-electron chi connectivity index (χ4n) is 3.46. The molecule has 0 bridgehead atoms. The van der Waals surface area contributed by atoms with Gasteiger partial charge >= 0.3 is 5.97 Å². The zero-order valence-corrected chi connectivity index (χ0v) is 17.6. The van der Waals surface area contributed by atoms with Crippen molar-refractivity contribution in [2.24, 2.45) is 4.99 Å². The lowest BCUT2D eigenvalue weighted by Crippen LogP contribution is -2.39. The van der Waals surface area contributed by atoms with Crippen molar-refractivity contribution in [1.82, 2.24) is 4.57 Å². The minimum Gasteiger partial charge on any atom is -0.463 e. The molecular weight excluding hydrogens is 422 g/mol. The van der Waals surface area contributed by atoms with Crippen molar-refractivity contribution >= 4 is 23.4 Å². The van der Waals surface area contributed by atoms with Crippen molar-refractivity contribution < 1.29 is 18.3 Å². The number of allylic oxidation sites excluding steroid dienone is 1. The topological polar surface area (TPSA) is 60.7 Å². The number of rotatable bonds is 4. The number of carbonyl (C=O) groups excluding carboxylic acids is 1. The maximum atomic E-state index is 13.5.